The fraction of sp³-hybridized carbons (Fsp3) is 0.750. The SMILES string of the molecule is CCCCCC(C(N)=O)C(=O)O. The van der Waals surface area contributed by atoms with Gasteiger partial charge in [0.15, 0.2) is 0 Å². The molecule has 0 heterocycles. The number of aliphatic carboxylic acids is 1. The van der Waals surface area contributed by atoms with E-state index in [1.165, 1.54) is 0 Å². The van der Waals surface area contributed by atoms with Crippen LogP contribution in [-0.4, -0.2) is 17.0 Å². The van der Waals surface area contributed by atoms with Crippen molar-refractivity contribution in [3.63, 3.8) is 0 Å². The molecule has 0 aromatic carbocycles. The molecular weight excluding hydrogens is 158 g/mol. The second-order valence-electron chi connectivity index (χ2n) is 2.79. The number of primary amides is 1. The van der Waals surface area contributed by atoms with Crippen LogP contribution in [0.25, 0.3) is 0 Å². The molecule has 0 radical (unpaired) electrons. The number of carboxylic acid groups (broad SMARTS) is 1. The lowest BCUT2D eigenvalue weighted by Crippen LogP contribution is -2.29. The van der Waals surface area contributed by atoms with E-state index in [1.54, 1.807) is 0 Å². The van der Waals surface area contributed by atoms with E-state index in [0.717, 1.165) is 19.3 Å². The van der Waals surface area contributed by atoms with E-state index in [1.807, 2.05) is 6.92 Å². The molecule has 1 amide bonds. The van der Waals surface area contributed by atoms with Gasteiger partial charge < -0.3 is 10.8 Å². The zero-order valence-electron chi connectivity index (χ0n) is 7.25. The number of rotatable bonds is 6. The van der Waals surface area contributed by atoms with Crippen LogP contribution in [0.15, 0.2) is 0 Å². The van der Waals surface area contributed by atoms with Crippen LogP contribution in [0.3, 0.4) is 0 Å². The summed E-state index contributed by atoms with van der Waals surface area (Å²) in [4.78, 5) is 21.0. The van der Waals surface area contributed by atoms with Crippen LogP contribution in [-0.2, 0) is 9.59 Å². The molecule has 0 bridgehead atoms. The minimum Gasteiger partial charge on any atom is -0.481 e. The number of carbonyl (C=O) groups excluding carboxylic acids is 1. The number of hydrogen-bond acceptors (Lipinski definition) is 2. The summed E-state index contributed by atoms with van der Waals surface area (Å²) in [5, 5.41) is 8.54. The Hall–Kier alpha value is -1.06. The van der Waals surface area contributed by atoms with E-state index in [2.05, 4.69) is 0 Å². The highest BCUT2D eigenvalue weighted by molar-refractivity contribution is 5.95. The van der Waals surface area contributed by atoms with Crippen molar-refractivity contribution in [3.05, 3.63) is 0 Å². The van der Waals surface area contributed by atoms with Crippen LogP contribution in [0.4, 0.5) is 0 Å². The Bertz CT molecular complexity index is 154. The number of unbranched alkanes of at least 4 members (excludes halogenated alkanes) is 2. The van der Waals surface area contributed by atoms with Gasteiger partial charge >= 0.3 is 5.97 Å². The molecule has 0 aliphatic rings. The summed E-state index contributed by atoms with van der Waals surface area (Å²) in [6.45, 7) is 2.01. The van der Waals surface area contributed by atoms with Crippen molar-refractivity contribution in [1.29, 1.82) is 0 Å². The molecule has 4 heteroatoms. The molecular formula is C8H15NO3. The first-order chi connectivity index (χ1) is 5.59. The first-order valence-corrected chi connectivity index (χ1v) is 4.11. The minimum absolute atomic E-state index is 0.360. The molecule has 3 N–H and O–H groups in total. The maximum absolute atomic E-state index is 10.6. The molecule has 0 aromatic rings. The van der Waals surface area contributed by atoms with E-state index in [0.29, 0.717) is 6.42 Å². The van der Waals surface area contributed by atoms with Gasteiger partial charge in [-0.3, -0.25) is 9.59 Å². The van der Waals surface area contributed by atoms with Crippen LogP contribution in [0.2, 0.25) is 0 Å². The molecule has 0 saturated carbocycles. The third-order valence-corrected chi connectivity index (χ3v) is 1.74. The summed E-state index contributed by atoms with van der Waals surface area (Å²) in [6, 6.07) is 0. The zero-order chi connectivity index (χ0) is 9.56. The predicted octanol–water partition coefficient (Wildman–Crippen LogP) is 0.753. The molecule has 0 fully saturated rings. The Kier molecular flexibility index (Phi) is 5.08. The van der Waals surface area contributed by atoms with Gasteiger partial charge in [-0.15, -0.1) is 0 Å². The molecule has 12 heavy (non-hydrogen) atoms. The lowest BCUT2D eigenvalue weighted by molar-refractivity contribution is -0.146. The van der Waals surface area contributed by atoms with Crippen LogP contribution < -0.4 is 5.73 Å². The van der Waals surface area contributed by atoms with Gasteiger partial charge in [0.1, 0.15) is 5.92 Å². The topological polar surface area (TPSA) is 80.4 Å². The molecule has 4 nitrogen and oxygen atoms in total. The highest BCUT2D eigenvalue weighted by Gasteiger charge is 2.22. The second kappa shape index (κ2) is 5.57. The van der Waals surface area contributed by atoms with Crippen molar-refractivity contribution in [2.45, 2.75) is 32.6 Å². The fourth-order valence-electron chi connectivity index (χ4n) is 0.986. The van der Waals surface area contributed by atoms with E-state index >= 15 is 0 Å². The van der Waals surface area contributed by atoms with Crippen molar-refractivity contribution in [1.82, 2.24) is 0 Å². The van der Waals surface area contributed by atoms with E-state index in [-0.39, 0.29) is 0 Å². The summed E-state index contributed by atoms with van der Waals surface area (Å²) in [6.07, 6.45) is 3.05. The largest absolute Gasteiger partial charge is 0.481 e. The van der Waals surface area contributed by atoms with E-state index < -0.39 is 17.8 Å². The summed E-state index contributed by atoms with van der Waals surface area (Å²) in [7, 11) is 0. The van der Waals surface area contributed by atoms with Crippen molar-refractivity contribution in [3.8, 4) is 0 Å². The molecule has 0 aliphatic carbocycles. The Morgan fingerprint density at radius 2 is 2.00 bits per heavy atom. The van der Waals surface area contributed by atoms with Gasteiger partial charge in [0.2, 0.25) is 5.91 Å². The number of hydrogen-bond donors (Lipinski definition) is 2. The molecule has 1 unspecified atom stereocenters. The minimum atomic E-state index is -1.11. The summed E-state index contributed by atoms with van der Waals surface area (Å²) >= 11 is 0. The van der Waals surface area contributed by atoms with Gasteiger partial charge in [-0.05, 0) is 6.42 Å². The number of carboxylic acids is 1. The zero-order valence-corrected chi connectivity index (χ0v) is 7.25. The Morgan fingerprint density at radius 1 is 1.42 bits per heavy atom. The summed E-state index contributed by atoms with van der Waals surface area (Å²) < 4.78 is 0. The lowest BCUT2D eigenvalue weighted by Gasteiger charge is -2.06. The fourth-order valence-corrected chi connectivity index (χ4v) is 0.986. The first kappa shape index (κ1) is 10.9. The molecule has 0 spiro atoms. The highest BCUT2D eigenvalue weighted by Crippen LogP contribution is 2.09. The van der Waals surface area contributed by atoms with Crippen LogP contribution >= 0.6 is 0 Å². The van der Waals surface area contributed by atoms with Gasteiger partial charge in [-0.2, -0.15) is 0 Å². The van der Waals surface area contributed by atoms with Crippen LogP contribution in [0.1, 0.15) is 32.6 Å². The van der Waals surface area contributed by atoms with Gasteiger partial charge in [0.25, 0.3) is 0 Å². The van der Waals surface area contributed by atoms with Crippen molar-refractivity contribution in [2.75, 3.05) is 0 Å². The maximum Gasteiger partial charge on any atom is 0.316 e. The van der Waals surface area contributed by atoms with Crippen LogP contribution in [0, 0.1) is 5.92 Å². The highest BCUT2D eigenvalue weighted by atomic mass is 16.4. The summed E-state index contributed by atoms with van der Waals surface area (Å²) in [5.41, 5.74) is 4.90. The predicted molar refractivity (Wildman–Crippen MR) is 44.5 cm³/mol. The van der Waals surface area contributed by atoms with Gasteiger partial charge in [-0.25, -0.2) is 0 Å². The second-order valence-corrected chi connectivity index (χ2v) is 2.79. The van der Waals surface area contributed by atoms with E-state index in [9.17, 15) is 9.59 Å². The molecule has 0 aliphatic heterocycles. The quantitative estimate of drug-likeness (QED) is 0.459. The van der Waals surface area contributed by atoms with Gasteiger partial charge in [0, 0.05) is 0 Å². The lowest BCUT2D eigenvalue weighted by atomic mass is 10.0. The summed E-state index contributed by atoms with van der Waals surface area (Å²) in [5.74, 6) is -2.85. The van der Waals surface area contributed by atoms with Crippen LogP contribution in [0.5, 0.6) is 0 Å². The Labute approximate surface area is 71.8 Å². The number of nitrogens with two attached hydrogens (primary N) is 1. The molecule has 0 aromatic heterocycles. The van der Waals surface area contributed by atoms with Gasteiger partial charge in [0.05, 0.1) is 0 Å². The standard InChI is InChI=1S/C8H15NO3/c1-2-3-4-5-6(7(9)10)8(11)12/h6H,2-5H2,1H3,(H2,9,10)(H,11,12). The van der Waals surface area contributed by atoms with Crippen molar-refractivity contribution >= 4 is 11.9 Å². The molecule has 0 saturated heterocycles. The van der Waals surface area contributed by atoms with Crippen molar-refractivity contribution < 1.29 is 14.7 Å². The Morgan fingerprint density at radius 3 is 2.33 bits per heavy atom. The normalized spacial score (nSPS) is 12.4. The third-order valence-electron chi connectivity index (χ3n) is 1.74. The van der Waals surface area contributed by atoms with E-state index in [4.69, 9.17) is 10.8 Å². The Balaban J connectivity index is 3.80. The molecule has 1 atom stereocenters. The average Bonchev–Trinajstić information content (AvgIpc) is 1.96. The van der Waals surface area contributed by atoms with Crippen molar-refractivity contribution in [2.24, 2.45) is 11.7 Å². The number of amides is 1. The third kappa shape index (κ3) is 3.95. The average molecular weight is 173 g/mol. The first-order valence-electron chi connectivity index (χ1n) is 4.11. The maximum atomic E-state index is 10.6. The monoisotopic (exact) mass is 173 g/mol. The molecule has 0 rings (SSSR count). The smallest absolute Gasteiger partial charge is 0.316 e. The van der Waals surface area contributed by atoms with Gasteiger partial charge in [-0.1, -0.05) is 26.2 Å². The molecule has 70 valence electrons. The number of carbonyl (C=O) groups is 2.